The van der Waals surface area contributed by atoms with Crippen molar-refractivity contribution in [3.63, 3.8) is 0 Å². The first kappa shape index (κ1) is 10.5. The molecule has 64 valence electrons. The Kier molecular flexibility index (Phi) is 4.90. The van der Waals surface area contributed by atoms with Gasteiger partial charge >= 0.3 is 0 Å². The quantitative estimate of drug-likeness (QED) is 0.674. The van der Waals surface area contributed by atoms with Crippen LogP contribution in [0.5, 0.6) is 0 Å². The van der Waals surface area contributed by atoms with E-state index in [4.69, 9.17) is 11.6 Å². The Balaban J connectivity index is 3.45. The lowest BCUT2D eigenvalue weighted by atomic mass is 10.5. The Labute approximate surface area is 72.0 Å². The van der Waals surface area contributed by atoms with Crippen molar-refractivity contribution < 1.29 is 4.79 Å². The first-order chi connectivity index (χ1) is 5.02. The molecule has 1 N–H and O–H groups in total. The molecule has 0 radical (unpaired) electrons. The monoisotopic (exact) mass is 176 g/mol. The van der Waals surface area contributed by atoms with E-state index in [1.54, 1.807) is 4.90 Å². The van der Waals surface area contributed by atoms with Crippen LogP contribution in [0.3, 0.4) is 0 Å². The minimum atomic E-state index is -0.0446. The molecule has 0 aromatic carbocycles. The van der Waals surface area contributed by atoms with Gasteiger partial charge in [-0.3, -0.25) is 4.79 Å². The number of hydrogen-bond acceptors (Lipinski definition) is 2. The van der Waals surface area contributed by atoms with Crippen LogP contribution in [-0.2, 0) is 4.79 Å². The van der Waals surface area contributed by atoms with Crippen LogP contribution in [0, 0.1) is 0 Å². The second-order valence-corrected chi connectivity index (χ2v) is 3.07. The zero-order valence-electron chi connectivity index (χ0n) is 6.85. The van der Waals surface area contributed by atoms with Crippen molar-refractivity contribution >= 4 is 17.5 Å². The summed E-state index contributed by atoms with van der Waals surface area (Å²) in [5.41, 5.74) is 0. The van der Waals surface area contributed by atoms with Crippen LogP contribution in [0.1, 0.15) is 0 Å². The summed E-state index contributed by atoms with van der Waals surface area (Å²) >= 11 is 5.44. The number of nitrogens with zero attached hydrogens (tertiary/aromatic N) is 1. The zero-order valence-corrected chi connectivity index (χ0v) is 7.61. The summed E-state index contributed by atoms with van der Waals surface area (Å²) in [4.78, 5) is 12.7. The van der Waals surface area contributed by atoms with Gasteiger partial charge in [-0.05, 0) is 14.1 Å². The van der Waals surface area contributed by atoms with Crippen LogP contribution in [0.25, 0.3) is 0 Å². The fraction of sp³-hybridized carbons (Fsp3) is 0.571. The molecule has 0 aromatic rings. The molecule has 4 heteroatoms. The van der Waals surface area contributed by atoms with Gasteiger partial charge < -0.3 is 10.2 Å². The summed E-state index contributed by atoms with van der Waals surface area (Å²) in [5, 5.41) is 3.04. The molecular weight excluding hydrogens is 164 g/mol. The third kappa shape index (κ3) is 7.36. The fourth-order valence-corrected chi connectivity index (χ4v) is 0.604. The van der Waals surface area contributed by atoms with Crippen molar-refractivity contribution in [3.8, 4) is 0 Å². The highest BCUT2D eigenvalue weighted by molar-refractivity contribution is 6.29. The first-order valence-corrected chi connectivity index (χ1v) is 3.65. The summed E-state index contributed by atoms with van der Waals surface area (Å²) in [6.45, 7) is 4.16. The average Bonchev–Trinajstić information content (AvgIpc) is 1.82. The van der Waals surface area contributed by atoms with E-state index in [2.05, 4.69) is 11.9 Å². The van der Waals surface area contributed by atoms with Crippen molar-refractivity contribution in [2.75, 3.05) is 27.2 Å². The van der Waals surface area contributed by atoms with E-state index in [0.29, 0.717) is 18.1 Å². The topological polar surface area (TPSA) is 32.3 Å². The molecule has 0 unspecified atom stereocenters. The summed E-state index contributed by atoms with van der Waals surface area (Å²) in [6, 6.07) is 0. The van der Waals surface area contributed by atoms with Crippen molar-refractivity contribution in [3.05, 3.63) is 11.6 Å². The highest BCUT2D eigenvalue weighted by Gasteiger charge is 2.00. The molecule has 0 spiro atoms. The molecule has 11 heavy (non-hydrogen) atoms. The van der Waals surface area contributed by atoms with Crippen LogP contribution in [-0.4, -0.2) is 38.0 Å². The lowest BCUT2D eigenvalue weighted by Crippen LogP contribution is -2.33. The van der Waals surface area contributed by atoms with Gasteiger partial charge in [-0.15, -0.1) is 0 Å². The summed E-state index contributed by atoms with van der Waals surface area (Å²) < 4.78 is 0. The molecule has 0 aliphatic heterocycles. The molecular formula is C7H13ClN2O. The molecule has 0 aromatic heterocycles. The Morgan fingerprint density at radius 1 is 1.64 bits per heavy atom. The van der Waals surface area contributed by atoms with Gasteiger partial charge in [0.05, 0.1) is 13.1 Å². The van der Waals surface area contributed by atoms with Crippen LogP contribution in [0.2, 0.25) is 0 Å². The van der Waals surface area contributed by atoms with Crippen molar-refractivity contribution in [2.45, 2.75) is 0 Å². The summed E-state index contributed by atoms with van der Waals surface area (Å²) in [6.07, 6.45) is 0. The molecule has 0 aliphatic rings. The number of nitrogens with one attached hydrogen (secondary N) is 1. The minimum absolute atomic E-state index is 0.0446. The molecule has 0 saturated heterocycles. The maximum atomic E-state index is 10.9. The smallest absolute Gasteiger partial charge is 0.234 e. The standard InChI is InChI=1S/C7H13ClN2O/c1-6(8)4-9-7(11)5-10(2)3/h1,4-5H2,2-3H3,(H,9,11). The Bertz CT molecular complexity index is 157. The molecule has 0 saturated carbocycles. The molecule has 0 heterocycles. The van der Waals surface area contributed by atoms with Crippen molar-refractivity contribution in [1.82, 2.24) is 10.2 Å². The van der Waals surface area contributed by atoms with Crippen LogP contribution in [0.15, 0.2) is 11.6 Å². The molecule has 0 fully saturated rings. The highest BCUT2D eigenvalue weighted by Crippen LogP contribution is 1.91. The van der Waals surface area contributed by atoms with E-state index in [9.17, 15) is 4.79 Å². The van der Waals surface area contributed by atoms with Crippen LogP contribution < -0.4 is 5.32 Å². The van der Waals surface area contributed by atoms with Gasteiger partial charge in [0.2, 0.25) is 5.91 Å². The van der Waals surface area contributed by atoms with Gasteiger partial charge in [-0.1, -0.05) is 18.2 Å². The predicted molar refractivity (Wildman–Crippen MR) is 46.6 cm³/mol. The number of carbonyl (C=O) groups is 1. The second kappa shape index (κ2) is 5.16. The minimum Gasteiger partial charge on any atom is -0.350 e. The molecule has 0 bridgehead atoms. The first-order valence-electron chi connectivity index (χ1n) is 3.27. The molecule has 0 atom stereocenters. The van der Waals surface area contributed by atoms with E-state index in [-0.39, 0.29) is 5.91 Å². The van der Waals surface area contributed by atoms with Crippen LogP contribution >= 0.6 is 11.6 Å². The zero-order chi connectivity index (χ0) is 8.85. The Morgan fingerprint density at radius 2 is 2.18 bits per heavy atom. The second-order valence-electron chi connectivity index (χ2n) is 2.53. The summed E-state index contributed by atoms with van der Waals surface area (Å²) in [7, 11) is 3.66. The fourth-order valence-electron chi connectivity index (χ4n) is 0.538. The molecule has 3 nitrogen and oxygen atoms in total. The number of carbonyl (C=O) groups excluding carboxylic acids is 1. The molecule has 0 rings (SSSR count). The number of halogens is 1. The van der Waals surface area contributed by atoms with Gasteiger partial charge in [0.1, 0.15) is 0 Å². The third-order valence-electron chi connectivity index (χ3n) is 0.937. The van der Waals surface area contributed by atoms with Crippen molar-refractivity contribution in [1.29, 1.82) is 0 Å². The van der Waals surface area contributed by atoms with E-state index in [1.165, 1.54) is 0 Å². The number of amides is 1. The van der Waals surface area contributed by atoms with E-state index in [0.717, 1.165) is 0 Å². The van der Waals surface area contributed by atoms with Gasteiger partial charge in [0, 0.05) is 5.03 Å². The van der Waals surface area contributed by atoms with Gasteiger partial charge in [-0.25, -0.2) is 0 Å². The third-order valence-corrected chi connectivity index (χ3v) is 1.07. The van der Waals surface area contributed by atoms with E-state index in [1.807, 2.05) is 14.1 Å². The average molecular weight is 177 g/mol. The normalized spacial score (nSPS) is 9.82. The lowest BCUT2D eigenvalue weighted by Gasteiger charge is -2.08. The number of likely N-dealkylation sites (N-methyl/N-ethyl adjacent to an activating group) is 1. The lowest BCUT2D eigenvalue weighted by molar-refractivity contribution is -0.121. The maximum Gasteiger partial charge on any atom is 0.234 e. The SMILES string of the molecule is C=C(Cl)CNC(=O)CN(C)C. The maximum absolute atomic E-state index is 10.9. The van der Waals surface area contributed by atoms with E-state index < -0.39 is 0 Å². The van der Waals surface area contributed by atoms with Gasteiger partial charge in [0.25, 0.3) is 0 Å². The number of hydrogen-bond donors (Lipinski definition) is 1. The van der Waals surface area contributed by atoms with Crippen LogP contribution in [0.4, 0.5) is 0 Å². The highest BCUT2D eigenvalue weighted by atomic mass is 35.5. The number of rotatable bonds is 4. The predicted octanol–water partition coefficient (Wildman–Crippen LogP) is 0.417. The Hall–Kier alpha value is -0.540. The van der Waals surface area contributed by atoms with Gasteiger partial charge in [-0.2, -0.15) is 0 Å². The Morgan fingerprint density at radius 3 is 2.55 bits per heavy atom. The van der Waals surface area contributed by atoms with E-state index >= 15 is 0 Å². The summed E-state index contributed by atoms with van der Waals surface area (Å²) in [5.74, 6) is -0.0446. The largest absolute Gasteiger partial charge is 0.350 e. The molecule has 0 aliphatic carbocycles. The van der Waals surface area contributed by atoms with Crippen molar-refractivity contribution in [2.24, 2.45) is 0 Å². The van der Waals surface area contributed by atoms with Gasteiger partial charge in [0.15, 0.2) is 0 Å². The molecule has 1 amide bonds.